The molecule has 0 fully saturated rings. The van der Waals surface area contributed by atoms with Gasteiger partial charge in [-0.2, -0.15) is 0 Å². The van der Waals surface area contributed by atoms with E-state index < -0.39 is 11.9 Å². The first kappa shape index (κ1) is 21.2. The van der Waals surface area contributed by atoms with Crippen molar-refractivity contribution in [2.24, 2.45) is 0 Å². The Kier molecular flexibility index (Phi) is 9.57. The van der Waals surface area contributed by atoms with Crippen molar-refractivity contribution >= 4 is 17.8 Å². The number of nitrogens with one attached hydrogen (secondary N) is 1. The second kappa shape index (κ2) is 10.8. The van der Waals surface area contributed by atoms with Crippen molar-refractivity contribution in [1.82, 2.24) is 5.32 Å². The van der Waals surface area contributed by atoms with Gasteiger partial charge >= 0.3 is 11.9 Å². The van der Waals surface area contributed by atoms with Crippen LogP contribution in [0, 0.1) is 0 Å². The molecular weight excluding hydrogens is 322 g/mol. The van der Waals surface area contributed by atoms with Gasteiger partial charge in [0.15, 0.2) is 11.5 Å². The molecule has 1 amide bonds. The second-order valence-corrected chi connectivity index (χ2v) is 4.48. The fourth-order valence-electron chi connectivity index (χ4n) is 1.66. The van der Waals surface area contributed by atoms with Gasteiger partial charge in [-0.05, 0) is 19.1 Å². The van der Waals surface area contributed by atoms with Gasteiger partial charge in [0, 0.05) is 13.2 Å². The number of hydrogen-bond donors (Lipinski definition) is 3. The van der Waals surface area contributed by atoms with Crippen molar-refractivity contribution in [3.8, 4) is 11.5 Å². The van der Waals surface area contributed by atoms with E-state index in [1.54, 1.807) is 25.3 Å². The number of methoxy groups -OCH3 is 3. The molecule has 0 saturated heterocycles. The fourth-order valence-corrected chi connectivity index (χ4v) is 1.66. The molecule has 1 aromatic carbocycles. The van der Waals surface area contributed by atoms with E-state index in [9.17, 15) is 4.79 Å². The first-order valence-electron chi connectivity index (χ1n) is 6.75. The summed E-state index contributed by atoms with van der Waals surface area (Å²) in [5.74, 6) is -2.90. The minimum absolute atomic E-state index is 0.0709. The normalized spacial score (nSPS) is 10.7. The number of para-hydroxylation sites is 1. The van der Waals surface area contributed by atoms with Crippen molar-refractivity contribution in [3.05, 3.63) is 23.8 Å². The fraction of sp³-hybridized carbons (Fsp3) is 0.400. The lowest BCUT2D eigenvalue weighted by molar-refractivity contribution is -0.159. The highest BCUT2D eigenvalue weighted by Crippen LogP contribution is 2.30. The Balaban J connectivity index is 0.000000754. The Hall–Kier alpha value is -2.81. The van der Waals surface area contributed by atoms with E-state index in [-0.39, 0.29) is 11.9 Å². The van der Waals surface area contributed by atoms with Crippen molar-refractivity contribution in [2.75, 3.05) is 27.9 Å². The number of aliphatic carboxylic acids is 2. The van der Waals surface area contributed by atoms with E-state index >= 15 is 0 Å². The lowest BCUT2D eigenvalue weighted by atomic mass is 10.1. The van der Waals surface area contributed by atoms with E-state index in [1.807, 2.05) is 6.92 Å². The molecule has 9 heteroatoms. The lowest BCUT2D eigenvalue weighted by Gasteiger charge is -2.15. The summed E-state index contributed by atoms with van der Waals surface area (Å²) in [5.41, 5.74) is 0.444. The average molecular weight is 343 g/mol. The molecule has 1 atom stereocenters. The zero-order valence-corrected chi connectivity index (χ0v) is 13.9. The predicted molar refractivity (Wildman–Crippen MR) is 83.6 cm³/mol. The number of amides is 1. The molecule has 24 heavy (non-hydrogen) atoms. The SMILES string of the molecule is COCC(C)NC(=O)c1cccc(OC)c1OC.O=C(O)C(=O)O. The van der Waals surface area contributed by atoms with Gasteiger partial charge in [-0.3, -0.25) is 4.79 Å². The summed E-state index contributed by atoms with van der Waals surface area (Å²) in [6.45, 7) is 2.33. The van der Waals surface area contributed by atoms with Crippen LogP contribution in [0.25, 0.3) is 0 Å². The van der Waals surface area contributed by atoms with Gasteiger partial charge in [0.25, 0.3) is 5.91 Å². The van der Waals surface area contributed by atoms with E-state index in [0.717, 1.165) is 0 Å². The van der Waals surface area contributed by atoms with E-state index in [4.69, 9.17) is 34.0 Å². The third-order valence-electron chi connectivity index (χ3n) is 2.62. The molecule has 3 N–H and O–H groups in total. The third kappa shape index (κ3) is 6.97. The molecule has 1 unspecified atom stereocenters. The summed E-state index contributed by atoms with van der Waals surface area (Å²) in [6, 6.07) is 5.11. The molecule has 134 valence electrons. The van der Waals surface area contributed by atoms with Crippen LogP contribution in [0.15, 0.2) is 18.2 Å². The van der Waals surface area contributed by atoms with Gasteiger partial charge < -0.3 is 29.7 Å². The third-order valence-corrected chi connectivity index (χ3v) is 2.62. The zero-order chi connectivity index (χ0) is 18.7. The summed E-state index contributed by atoms with van der Waals surface area (Å²) in [5, 5.41) is 17.6. The minimum Gasteiger partial charge on any atom is -0.493 e. The second-order valence-electron chi connectivity index (χ2n) is 4.48. The number of carboxylic acids is 2. The number of ether oxygens (including phenoxy) is 3. The maximum atomic E-state index is 12.1. The first-order valence-corrected chi connectivity index (χ1v) is 6.75. The van der Waals surface area contributed by atoms with Gasteiger partial charge in [-0.15, -0.1) is 0 Å². The molecule has 9 nitrogen and oxygen atoms in total. The predicted octanol–water partition coefficient (Wildman–Crippen LogP) is 0.624. The largest absolute Gasteiger partial charge is 0.493 e. The van der Waals surface area contributed by atoms with Crippen LogP contribution in [0.3, 0.4) is 0 Å². The number of carbonyl (C=O) groups is 3. The molecule has 0 aliphatic rings. The van der Waals surface area contributed by atoms with Gasteiger partial charge in [0.05, 0.1) is 26.4 Å². The van der Waals surface area contributed by atoms with E-state index in [0.29, 0.717) is 23.7 Å². The molecule has 1 rings (SSSR count). The standard InChI is InChI=1S/C13H19NO4.C2H2O4/c1-9(8-16-2)14-13(15)10-6-5-7-11(17-3)12(10)18-4;3-1(4)2(5)6/h5-7,9H,8H2,1-4H3,(H,14,15);(H,3,4)(H,5,6). The molecule has 0 heterocycles. The molecule has 0 spiro atoms. The molecule has 1 aromatic rings. The molecule has 0 bridgehead atoms. The summed E-state index contributed by atoms with van der Waals surface area (Å²) in [4.78, 5) is 30.3. The van der Waals surface area contributed by atoms with E-state index in [1.165, 1.54) is 14.2 Å². The van der Waals surface area contributed by atoms with Crippen LogP contribution in [0.2, 0.25) is 0 Å². The topological polar surface area (TPSA) is 131 Å². The number of benzene rings is 1. The minimum atomic E-state index is -1.82. The molecule has 0 aromatic heterocycles. The number of hydrogen-bond acceptors (Lipinski definition) is 6. The maximum absolute atomic E-state index is 12.1. The van der Waals surface area contributed by atoms with Crippen molar-refractivity contribution in [2.45, 2.75) is 13.0 Å². The van der Waals surface area contributed by atoms with Crippen LogP contribution < -0.4 is 14.8 Å². The smallest absolute Gasteiger partial charge is 0.414 e. The molecule has 0 radical (unpaired) electrons. The first-order chi connectivity index (χ1) is 11.3. The van der Waals surface area contributed by atoms with Crippen LogP contribution in [0.1, 0.15) is 17.3 Å². The summed E-state index contributed by atoms with van der Waals surface area (Å²) < 4.78 is 15.3. The summed E-state index contributed by atoms with van der Waals surface area (Å²) in [6.07, 6.45) is 0. The highest BCUT2D eigenvalue weighted by molar-refractivity contribution is 6.27. The molecule has 0 aliphatic heterocycles. The Morgan fingerprint density at radius 2 is 1.67 bits per heavy atom. The van der Waals surface area contributed by atoms with E-state index in [2.05, 4.69) is 5.32 Å². The molecule has 0 aliphatic carbocycles. The Morgan fingerprint density at radius 3 is 2.08 bits per heavy atom. The average Bonchev–Trinajstić information content (AvgIpc) is 2.54. The van der Waals surface area contributed by atoms with Crippen LogP contribution in [-0.4, -0.2) is 62.0 Å². The summed E-state index contributed by atoms with van der Waals surface area (Å²) in [7, 11) is 4.63. The van der Waals surface area contributed by atoms with Gasteiger partial charge in [0.2, 0.25) is 0 Å². The Bertz CT molecular complexity index is 561. The maximum Gasteiger partial charge on any atom is 0.414 e. The Labute approximate surface area is 139 Å². The quantitative estimate of drug-likeness (QED) is 0.641. The number of carboxylic acid groups (broad SMARTS) is 2. The van der Waals surface area contributed by atoms with Crippen LogP contribution in [0.4, 0.5) is 0 Å². The van der Waals surface area contributed by atoms with Crippen LogP contribution in [-0.2, 0) is 14.3 Å². The monoisotopic (exact) mass is 343 g/mol. The highest BCUT2D eigenvalue weighted by atomic mass is 16.5. The number of rotatable bonds is 6. The number of carbonyl (C=O) groups excluding carboxylic acids is 1. The molecule has 0 saturated carbocycles. The van der Waals surface area contributed by atoms with Gasteiger partial charge in [-0.25, -0.2) is 9.59 Å². The van der Waals surface area contributed by atoms with Crippen molar-refractivity contribution in [3.63, 3.8) is 0 Å². The van der Waals surface area contributed by atoms with Crippen LogP contribution >= 0.6 is 0 Å². The zero-order valence-electron chi connectivity index (χ0n) is 13.9. The van der Waals surface area contributed by atoms with Crippen molar-refractivity contribution < 1.29 is 38.8 Å². The Morgan fingerprint density at radius 1 is 1.08 bits per heavy atom. The molecular formula is C15H21NO8. The van der Waals surface area contributed by atoms with Crippen LogP contribution in [0.5, 0.6) is 11.5 Å². The van der Waals surface area contributed by atoms with Gasteiger partial charge in [-0.1, -0.05) is 6.07 Å². The highest BCUT2D eigenvalue weighted by Gasteiger charge is 2.17. The lowest BCUT2D eigenvalue weighted by Crippen LogP contribution is -2.35. The van der Waals surface area contributed by atoms with Crippen molar-refractivity contribution in [1.29, 1.82) is 0 Å². The summed E-state index contributed by atoms with van der Waals surface area (Å²) >= 11 is 0. The van der Waals surface area contributed by atoms with Gasteiger partial charge in [0.1, 0.15) is 0 Å².